The molecule has 1 aliphatic heterocycles. The number of amides is 2. The maximum Gasteiger partial charge on any atom is 0.239 e. The number of para-hydroxylation sites is 1. The largest absolute Gasteiger partial charge is 0.361 e. The third-order valence-corrected chi connectivity index (χ3v) is 5.88. The quantitative estimate of drug-likeness (QED) is 0.644. The van der Waals surface area contributed by atoms with E-state index in [1.807, 2.05) is 48.7 Å². The summed E-state index contributed by atoms with van der Waals surface area (Å²) >= 11 is 6.50. The Labute approximate surface area is 175 Å². The molecule has 1 atom stereocenters. The SMILES string of the molecule is O=C(CN1CCCCC1=O)NCC(c1ccccc1Cl)c1c[nH]c2ccccc12. The number of nitrogens with zero attached hydrogens (tertiary/aromatic N) is 1. The van der Waals surface area contributed by atoms with Gasteiger partial charge in [0.25, 0.3) is 0 Å². The molecule has 1 unspecified atom stereocenters. The number of aromatic nitrogens is 1. The van der Waals surface area contributed by atoms with Gasteiger partial charge in [-0.25, -0.2) is 0 Å². The first-order chi connectivity index (χ1) is 14.1. The van der Waals surface area contributed by atoms with Crippen molar-refractivity contribution in [1.82, 2.24) is 15.2 Å². The zero-order chi connectivity index (χ0) is 20.2. The molecule has 1 fully saturated rings. The topological polar surface area (TPSA) is 65.2 Å². The van der Waals surface area contributed by atoms with Crippen LogP contribution in [-0.4, -0.2) is 41.3 Å². The second-order valence-electron chi connectivity index (χ2n) is 7.44. The van der Waals surface area contributed by atoms with Gasteiger partial charge in [-0.3, -0.25) is 9.59 Å². The molecule has 2 amide bonds. The highest BCUT2D eigenvalue weighted by molar-refractivity contribution is 6.31. The molecule has 2 heterocycles. The number of halogens is 1. The van der Waals surface area contributed by atoms with Crippen molar-refractivity contribution in [3.8, 4) is 0 Å². The highest BCUT2D eigenvalue weighted by Crippen LogP contribution is 2.34. The molecule has 1 aliphatic rings. The van der Waals surface area contributed by atoms with Gasteiger partial charge in [-0.1, -0.05) is 48.0 Å². The summed E-state index contributed by atoms with van der Waals surface area (Å²) in [4.78, 5) is 29.5. The van der Waals surface area contributed by atoms with Crippen LogP contribution in [0.3, 0.4) is 0 Å². The van der Waals surface area contributed by atoms with Crippen LogP contribution in [0.5, 0.6) is 0 Å². The number of piperidine rings is 1. The van der Waals surface area contributed by atoms with Crippen LogP contribution in [0.15, 0.2) is 54.7 Å². The Hall–Kier alpha value is -2.79. The van der Waals surface area contributed by atoms with Gasteiger partial charge in [0.15, 0.2) is 0 Å². The zero-order valence-corrected chi connectivity index (χ0v) is 16.9. The molecule has 2 N–H and O–H groups in total. The van der Waals surface area contributed by atoms with Gasteiger partial charge in [-0.15, -0.1) is 0 Å². The van der Waals surface area contributed by atoms with E-state index < -0.39 is 0 Å². The average Bonchev–Trinajstić information content (AvgIpc) is 3.15. The highest BCUT2D eigenvalue weighted by atomic mass is 35.5. The first kappa shape index (κ1) is 19.5. The van der Waals surface area contributed by atoms with Gasteiger partial charge < -0.3 is 15.2 Å². The molecule has 29 heavy (non-hydrogen) atoms. The summed E-state index contributed by atoms with van der Waals surface area (Å²) in [5.74, 6) is -0.177. The molecule has 0 bridgehead atoms. The lowest BCUT2D eigenvalue weighted by molar-refractivity contribution is -0.137. The fourth-order valence-electron chi connectivity index (χ4n) is 4.00. The van der Waals surface area contributed by atoms with Crippen molar-refractivity contribution in [2.75, 3.05) is 19.6 Å². The number of likely N-dealkylation sites (tertiary alicyclic amines) is 1. The molecular formula is C23H24ClN3O2. The summed E-state index contributed by atoms with van der Waals surface area (Å²) in [7, 11) is 0. The van der Waals surface area contributed by atoms with Gasteiger partial charge in [0.2, 0.25) is 11.8 Å². The van der Waals surface area contributed by atoms with E-state index in [1.54, 1.807) is 4.90 Å². The lowest BCUT2D eigenvalue weighted by Crippen LogP contribution is -2.43. The monoisotopic (exact) mass is 409 g/mol. The predicted molar refractivity (Wildman–Crippen MR) is 115 cm³/mol. The Balaban J connectivity index is 1.56. The molecule has 2 aromatic carbocycles. The van der Waals surface area contributed by atoms with Crippen LogP contribution in [0.25, 0.3) is 10.9 Å². The van der Waals surface area contributed by atoms with E-state index >= 15 is 0 Å². The number of benzene rings is 2. The van der Waals surface area contributed by atoms with E-state index in [0.717, 1.165) is 34.9 Å². The molecule has 4 rings (SSSR count). The molecule has 150 valence electrons. The Morgan fingerprint density at radius 1 is 1.10 bits per heavy atom. The number of aromatic amines is 1. The number of H-pyrrole nitrogens is 1. The van der Waals surface area contributed by atoms with E-state index in [4.69, 9.17) is 11.6 Å². The van der Waals surface area contributed by atoms with Gasteiger partial charge in [0.1, 0.15) is 0 Å². The van der Waals surface area contributed by atoms with Crippen LogP contribution in [0.1, 0.15) is 36.3 Å². The average molecular weight is 410 g/mol. The lowest BCUT2D eigenvalue weighted by atomic mass is 9.90. The van der Waals surface area contributed by atoms with Crippen LogP contribution in [0.4, 0.5) is 0 Å². The molecule has 1 aromatic heterocycles. The minimum absolute atomic E-state index is 0.0608. The zero-order valence-electron chi connectivity index (χ0n) is 16.2. The number of fused-ring (bicyclic) bond motifs is 1. The van der Waals surface area contributed by atoms with E-state index in [9.17, 15) is 9.59 Å². The van der Waals surface area contributed by atoms with Gasteiger partial charge in [0, 0.05) is 47.6 Å². The van der Waals surface area contributed by atoms with Crippen molar-refractivity contribution in [1.29, 1.82) is 0 Å². The molecule has 3 aromatic rings. The van der Waals surface area contributed by atoms with Crippen LogP contribution in [-0.2, 0) is 9.59 Å². The summed E-state index contributed by atoms with van der Waals surface area (Å²) in [6, 6.07) is 15.8. The smallest absolute Gasteiger partial charge is 0.239 e. The number of nitrogens with one attached hydrogen (secondary N) is 2. The Kier molecular flexibility index (Phi) is 5.86. The standard InChI is InChI=1S/C23H24ClN3O2/c24-20-9-3-1-7-16(20)18(19-13-25-21-10-4-2-8-17(19)21)14-26-22(28)15-27-12-6-5-11-23(27)29/h1-4,7-10,13,18,25H,5-6,11-12,14-15H2,(H,26,28). The molecule has 5 nitrogen and oxygen atoms in total. The van der Waals surface area contributed by atoms with Crippen LogP contribution < -0.4 is 5.32 Å². The summed E-state index contributed by atoms with van der Waals surface area (Å²) in [5.41, 5.74) is 3.10. The summed E-state index contributed by atoms with van der Waals surface area (Å²) < 4.78 is 0. The molecule has 6 heteroatoms. The molecular weight excluding hydrogens is 386 g/mol. The summed E-state index contributed by atoms with van der Waals surface area (Å²) in [5, 5.41) is 4.80. The fourth-order valence-corrected chi connectivity index (χ4v) is 4.27. The number of hydrogen-bond donors (Lipinski definition) is 2. The first-order valence-corrected chi connectivity index (χ1v) is 10.4. The summed E-state index contributed by atoms with van der Waals surface area (Å²) in [6.07, 6.45) is 4.38. The minimum Gasteiger partial charge on any atom is -0.361 e. The third kappa shape index (κ3) is 4.30. The van der Waals surface area contributed by atoms with Gasteiger partial charge >= 0.3 is 0 Å². The second-order valence-corrected chi connectivity index (χ2v) is 7.85. The molecule has 0 radical (unpaired) electrons. The van der Waals surface area contributed by atoms with Crippen molar-refractivity contribution in [2.24, 2.45) is 0 Å². The van der Waals surface area contributed by atoms with Crippen molar-refractivity contribution in [3.63, 3.8) is 0 Å². The Morgan fingerprint density at radius 3 is 2.72 bits per heavy atom. The van der Waals surface area contributed by atoms with Gasteiger partial charge in [-0.05, 0) is 36.1 Å². The summed E-state index contributed by atoms with van der Waals surface area (Å²) in [6.45, 7) is 1.18. The number of carbonyl (C=O) groups excluding carboxylic acids is 2. The number of carbonyl (C=O) groups is 2. The van der Waals surface area contributed by atoms with E-state index in [1.165, 1.54) is 0 Å². The number of rotatable bonds is 6. The van der Waals surface area contributed by atoms with Crippen LogP contribution in [0.2, 0.25) is 5.02 Å². The fraction of sp³-hybridized carbons (Fsp3) is 0.304. The van der Waals surface area contributed by atoms with Crippen LogP contribution in [0, 0.1) is 0 Å². The molecule has 1 saturated heterocycles. The molecule has 0 aliphatic carbocycles. The highest BCUT2D eigenvalue weighted by Gasteiger charge is 2.23. The van der Waals surface area contributed by atoms with E-state index in [0.29, 0.717) is 24.5 Å². The Bertz CT molecular complexity index is 1030. The van der Waals surface area contributed by atoms with Crippen molar-refractivity contribution in [2.45, 2.75) is 25.2 Å². The molecule has 0 saturated carbocycles. The first-order valence-electron chi connectivity index (χ1n) is 9.98. The lowest BCUT2D eigenvalue weighted by Gasteiger charge is -2.26. The maximum absolute atomic E-state index is 12.6. The van der Waals surface area contributed by atoms with Gasteiger partial charge in [-0.2, -0.15) is 0 Å². The molecule has 0 spiro atoms. The van der Waals surface area contributed by atoms with E-state index in [-0.39, 0.29) is 24.3 Å². The maximum atomic E-state index is 12.6. The van der Waals surface area contributed by atoms with Crippen LogP contribution >= 0.6 is 11.6 Å². The van der Waals surface area contributed by atoms with Gasteiger partial charge in [0.05, 0.1) is 6.54 Å². The normalized spacial score (nSPS) is 15.5. The second kappa shape index (κ2) is 8.70. The third-order valence-electron chi connectivity index (χ3n) is 5.54. The minimum atomic E-state index is -0.142. The Morgan fingerprint density at radius 2 is 1.90 bits per heavy atom. The van der Waals surface area contributed by atoms with E-state index in [2.05, 4.69) is 16.4 Å². The number of hydrogen-bond acceptors (Lipinski definition) is 2. The van der Waals surface area contributed by atoms with Crippen molar-refractivity contribution >= 4 is 34.3 Å². The van der Waals surface area contributed by atoms with Crippen molar-refractivity contribution < 1.29 is 9.59 Å². The predicted octanol–water partition coefficient (Wildman–Crippen LogP) is 4.08. The van der Waals surface area contributed by atoms with Crippen molar-refractivity contribution in [3.05, 3.63) is 70.9 Å².